The summed E-state index contributed by atoms with van der Waals surface area (Å²) in [7, 11) is 4.10. The molecule has 0 saturated heterocycles. The third-order valence-electron chi connectivity index (χ3n) is 3.96. The number of nitrogens with zero attached hydrogens (tertiary/aromatic N) is 1. The minimum atomic E-state index is 0.751. The lowest BCUT2D eigenvalue weighted by Gasteiger charge is -2.22. The summed E-state index contributed by atoms with van der Waals surface area (Å²) in [4.78, 5) is 2.09. The smallest absolute Gasteiger partial charge is 0.121 e. The van der Waals surface area contributed by atoms with Gasteiger partial charge in [-0.1, -0.05) is 25.3 Å². The molecular weight excluding hydrogens is 248 g/mol. The summed E-state index contributed by atoms with van der Waals surface area (Å²) in [5.41, 5.74) is 1.18. The van der Waals surface area contributed by atoms with Gasteiger partial charge in [-0.2, -0.15) is 0 Å². The molecule has 0 unspecified atom stereocenters. The van der Waals surface area contributed by atoms with Gasteiger partial charge in [-0.05, 0) is 37.9 Å². The van der Waals surface area contributed by atoms with Crippen LogP contribution < -0.4 is 15.0 Å². The zero-order valence-corrected chi connectivity index (χ0v) is 12.9. The van der Waals surface area contributed by atoms with Crippen molar-refractivity contribution in [2.75, 3.05) is 32.1 Å². The van der Waals surface area contributed by atoms with Crippen molar-refractivity contribution in [3.05, 3.63) is 24.3 Å². The largest absolute Gasteiger partial charge is 0.493 e. The van der Waals surface area contributed by atoms with Crippen LogP contribution >= 0.6 is 0 Å². The van der Waals surface area contributed by atoms with Crippen LogP contribution in [0.25, 0.3) is 0 Å². The Kier molecular flexibility index (Phi) is 6.19. The molecule has 1 saturated carbocycles. The second kappa shape index (κ2) is 8.15. The van der Waals surface area contributed by atoms with E-state index >= 15 is 0 Å². The molecule has 0 heterocycles. The molecule has 3 heteroatoms. The minimum absolute atomic E-state index is 0.751. The summed E-state index contributed by atoms with van der Waals surface area (Å²) in [6.45, 7) is 1.86. The maximum atomic E-state index is 5.82. The highest BCUT2D eigenvalue weighted by Crippen LogP contribution is 2.19. The molecule has 0 aliphatic heterocycles. The Morgan fingerprint density at radius 2 is 2.00 bits per heavy atom. The summed E-state index contributed by atoms with van der Waals surface area (Å²) in [6.07, 6.45) is 7.99. The summed E-state index contributed by atoms with van der Waals surface area (Å²) >= 11 is 0. The molecule has 3 nitrogen and oxygen atoms in total. The normalized spacial score (nSPS) is 16.1. The summed E-state index contributed by atoms with van der Waals surface area (Å²) < 4.78 is 5.82. The molecule has 1 aromatic rings. The van der Waals surface area contributed by atoms with E-state index in [0.29, 0.717) is 0 Å². The fourth-order valence-electron chi connectivity index (χ4n) is 2.73. The Hall–Kier alpha value is -1.22. The Morgan fingerprint density at radius 1 is 1.20 bits per heavy atom. The average molecular weight is 276 g/mol. The standard InChI is InChI=1S/C17H28N2O/c1-19(2)16-10-6-11-17(14-16)20-13-7-12-18-15-8-4-3-5-9-15/h6,10-11,14-15,18H,3-5,7-9,12-13H2,1-2H3. The third kappa shape index (κ3) is 5.04. The van der Waals surface area contributed by atoms with Crippen molar-refractivity contribution >= 4 is 5.69 Å². The molecule has 2 rings (SSSR count). The van der Waals surface area contributed by atoms with E-state index in [4.69, 9.17) is 4.74 Å². The Morgan fingerprint density at radius 3 is 2.75 bits per heavy atom. The zero-order valence-electron chi connectivity index (χ0n) is 12.9. The molecule has 1 aromatic carbocycles. The fraction of sp³-hybridized carbons (Fsp3) is 0.647. The summed E-state index contributed by atoms with van der Waals surface area (Å²) in [5, 5.41) is 3.65. The molecule has 0 spiro atoms. The first-order valence-corrected chi connectivity index (χ1v) is 7.89. The van der Waals surface area contributed by atoms with Crippen LogP contribution in [0.4, 0.5) is 5.69 Å². The lowest BCUT2D eigenvalue weighted by molar-refractivity contribution is 0.297. The molecule has 1 fully saturated rings. The predicted octanol–water partition coefficient (Wildman–Crippen LogP) is 3.44. The van der Waals surface area contributed by atoms with E-state index in [1.54, 1.807) is 0 Å². The van der Waals surface area contributed by atoms with Crippen LogP contribution in [-0.4, -0.2) is 33.3 Å². The molecule has 1 aliphatic carbocycles. The van der Waals surface area contributed by atoms with Gasteiger partial charge in [0.2, 0.25) is 0 Å². The van der Waals surface area contributed by atoms with Gasteiger partial charge in [-0.15, -0.1) is 0 Å². The van der Waals surface area contributed by atoms with Crippen LogP contribution in [0.3, 0.4) is 0 Å². The number of hydrogen-bond acceptors (Lipinski definition) is 3. The molecule has 0 atom stereocenters. The van der Waals surface area contributed by atoms with Crippen molar-refractivity contribution < 1.29 is 4.74 Å². The van der Waals surface area contributed by atoms with E-state index < -0.39 is 0 Å². The van der Waals surface area contributed by atoms with Crippen molar-refractivity contribution in [2.24, 2.45) is 0 Å². The van der Waals surface area contributed by atoms with Gasteiger partial charge in [0, 0.05) is 31.9 Å². The zero-order chi connectivity index (χ0) is 14.2. The SMILES string of the molecule is CN(C)c1cccc(OCCCNC2CCCCC2)c1. The molecule has 1 aliphatic rings. The highest BCUT2D eigenvalue weighted by atomic mass is 16.5. The topological polar surface area (TPSA) is 24.5 Å². The highest BCUT2D eigenvalue weighted by molar-refractivity contribution is 5.49. The van der Waals surface area contributed by atoms with Gasteiger partial charge in [0.15, 0.2) is 0 Å². The van der Waals surface area contributed by atoms with Crippen LogP contribution in [-0.2, 0) is 0 Å². The first-order chi connectivity index (χ1) is 9.75. The summed E-state index contributed by atoms with van der Waals surface area (Å²) in [6, 6.07) is 9.01. The molecule has 0 aromatic heterocycles. The lowest BCUT2D eigenvalue weighted by Crippen LogP contribution is -2.32. The highest BCUT2D eigenvalue weighted by Gasteiger charge is 2.11. The van der Waals surface area contributed by atoms with E-state index in [0.717, 1.165) is 31.4 Å². The van der Waals surface area contributed by atoms with E-state index in [1.165, 1.54) is 37.8 Å². The Bertz CT molecular complexity index is 386. The monoisotopic (exact) mass is 276 g/mol. The number of benzene rings is 1. The summed E-state index contributed by atoms with van der Waals surface area (Å²) in [5.74, 6) is 0.967. The Labute approximate surface area is 123 Å². The number of nitrogens with one attached hydrogen (secondary N) is 1. The van der Waals surface area contributed by atoms with Gasteiger partial charge in [0.25, 0.3) is 0 Å². The van der Waals surface area contributed by atoms with Crippen LogP contribution in [0.5, 0.6) is 5.75 Å². The molecule has 0 bridgehead atoms. The molecule has 0 radical (unpaired) electrons. The first kappa shape index (κ1) is 15.2. The van der Waals surface area contributed by atoms with Crippen molar-refractivity contribution in [3.8, 4) is 5.75 Å². The number of anilines is 1. The quantitative estimate of drug-likeness (QED) is 0.772. The number of hydrogen-bond donors (Lipinski definition) is 1. The van der Waals surface area contributed by atoms with Gasteiger partial charge in [0.05, 0.1) is 6.61 Å². The van der Waals surface area contributed by atoms with Crippen LogP contribution in [0, 0.1) is 0 Å². The fourth-order valence-corrected chi connectivity index (χ4v) is 2.73. The molecular formula is C17H28N2O. The van der Waals surface area contributed by atoms with E-state index in [2.05, 4.69) is 22.3 Å². The lowest BCUT2D eigenvalue weighted by atomic mass is 9.95. The van der Waals surface area contributed by atoms with Gasteiger partial charge in [-0.3, -0.25) is 0 Å². The van der Waals surface area contributed by atoms with Gasteiger partial charge in [0.1, 0.15) is 5.75 Å². The van der Waals surface area contributed by atoms with Gasteiger partial charge in [-0.25, -0.2) is 0 Å². The second-order valence-corrected chi connectivity index (χ2v) is 5.88. The van der Waals surface area contributed by atoms with Crippen LogP contribution in [0.2, 0.25) is 0 Å². The van der Waals surface area contributed by atoms with Crippen LogP contribution in [0.1, 0.15) is 38.5 Å². The maximum absolute atomic E-state index is 5.82. The van der Waals surface area contributed by atoms with Crippen molar-refractivity contribution in [3.63, 3.8) is 0 Å². The molecule has 0 amide bonds. The third-order valence-corrected chi connectivity index (χ3v) is 3.96. The Balaban J connectivity index is 1.61. The first-order valence-electron chi connectivity index (χ1n) is 7.89. The van der Waals surface area contributed by atoms with E-state index in [1.807, 2.05) is 26.2 Å². The van der Waals surface area contributed by atoms with Crippen LogP contribution in [0.15, 0.2) is 24.3 Å². The second-order valence-electron chi connectivity index (χ2n) is 5.88. The van der Waals surface area contributed by atoms with Crippen molar-refractivity contribution in [1.82, 2.24) is 5.32 Å². The number of ether oxygens (including phenoxy) is 1. The minimum Gasteiger partial charge on any atom is -0.493 e. The van der Waals surface area contributed by atoms with Gasteiger partial charge >= 0.3 is 0 Å². The van der Waals surface area contributed by atoms with E-state index in [-0.39, 0.29) is 0 Å². The molecule has 112 valence electrons. The van der Waals surface area contributed by atoms with E-state index in [9.17, 15) is 0 Å². The number of rotatable bonds is 7. The molecule has 1 N–H and O–H groups in total. The molecule has 20 heavy (non-hydrogen) atoms. The predicted molar refractivity (Wildman–Crippen MR) is 85.8 cm³/mol. The average Bonchev–Trinajstić information content (AvgIpc) is 2.48. The van der Waals surface area contributed by atoms with Crippen molar-refractivity contribution in [2.45, 2.75) is 44.6 Å². The van der Waals surface area contributed by atoms with Crippen molar-refractivity contribution in [1.29, 1.82) is 0 Å². The maximum Gasteiger partial charge on any atom is 0.121 e. The van der Waals surface area contributed by atoms with Gasteiger partial charge < -0.3 is 15.0 Å².